The number of hydrogen-bond acceptors (Lipinski definition) is 4. The van der Waals surface area contributed by atoms with Gasteiger partial charge in [-0.15, -0.1) is 0 Å². The van der Waals surface area contributed by atoms with Gasteiger partial charge >= 0.3 is 11.9 Å². The van der Waals surface area contributed by atoms with E-state index in [9.17, 15) is 9.59 Å². The molecule has 1 heterocycles. The minimum atomic E-state index is -1.26. The molecular formula is C25H31NO5. The first-order chi connectivity index (χ1) is 14.9. The Morgan fingerprint density at radius 3 is 1.97 bits per heavy atom. The summed E-state index contributed by atoms with van der Waals surface area (Å²) in [4.78, 5) is 21.5. The zero-order chi connectivity index (χ0) is 22.6. The molecule has 1 atom stereocenters. The van der Waals surface area contributed by atoms with Gasteiger partial charge < -0.3 is 19.8 Å². The van der Waals surface area contributed by atoms with Crippen LogP contribution in [0, 0.1) is 0 Å². The van der Waals surface area contributed by atoms with Gasteiger partial charge in [0.25, 0.3) is 0 Å². The minimum Gasteiger partial charge on any atom is -0.478 e. The summed E-state index contributed by atoms with van der Waals surface area (Å²) in [6.45, 7) is 4.45. The Morgan fingerprint density at radius 1 is 0.968 bits per heavy atom. The molecule has 1 aliphatic heterocycles. The van der Waals surface area contributed by atoms with Crippen LogP contribution in [0.5, 0.6) is 0 Å². The Morgan fingerprint density at radius 2 is 1.48 bits per heavy atom. The van der Waals surface area contributed by atoms with Gasteiger partial charge in [0.2, 0.25) is 0 Å². The van der Waals surface area contributed by atoms with E-state index in [1.54, 1.807) is 0 Å². The quantitative estimate of drug-likeness (QED) is 0.648. The summed E-state index contributed by atoms with van der Waals surface area (Å²) in [5.41, 5.74) is 3.88. The summed E-state index contributed by atoms with van der Waals surface area (Å²) in [6, 6.07) is 19.5. The lowest BCUT2D eigenvalue weighted by molar-refractivity contribution is -0.134. The van der Waals surface area contributed by atoms with Gasteiger partial charge in [-0.25, -0.2) is 9.59 Å². The van der Waals surface area contributed by atoms with E-state index in [1.165, 1.54) is 16.7 Å². The molecule has 2 N–H and O–H groups in total. The number of ether oxygens (including phenoxy) is 1. The number of nitrogens with zero attached hydrogens (tertiary/aromatic N) is 1. The lowest BCUT2D eigenvalue weighted by atomic mass is 9.98. The van der Waals surface area contributed by atoms with Crippen LogP contribution in [0.1, 0.15) is 42.6 Å². The second-order valence-corrected chi connectivity index (χ2v) is 7.53. The molecule has 3 rings (SSSR count). The van der Waals surface area contributed by atoms with Crippen molar-refractivity contribution in [3.05, 3.63) is 83.4 Å². The Bertz CT molecular complexity index is 824. The summed E-state index contributed by atoms with van der Waals surface area (Å²) in [6.07, 6.45) is 4.81. The SMILES string of the molecule is CCc1ccc(C(OC2CCN(C)CC2)c2ccccc2)cc1.O=C(O)/C=C/C(=O)O. The fraction of sp³-hybridized carbons (Fsp3) is 0.360. The first kappa shape index (κ1) is 24.3. The number of hydrogen-bond donors (Lipinski definition) is 2. The summed E-state index contributed by atoms with van der Waals surface area (Å²) in [5.74, 6) is -2.51. The van der Waals surface area contributed by atoms with Crippen molar-refractivity contribution in [2.24, 2.45) is 0 Å². The maximum absolute atomic E-state index is 9.55. The molecule has 0 spiro atoms. The van der Waals surface area contributed by atoms with Crippen LogP contribution in [0.4, 0.5) is 0 Å². The molecule has 1 aliphatic rings. The topological polar surface area (TPSA) is 87.1 Å². The van der Waals surface area contributed by atoms with Crippen LogP contribution in [0.3, 0.4) is 0 Å². The Balaban J connectivity index is 0.000000366. The molecule has 1 saturated heterocycles. The third kappa shape index (κ3) is 8.74. The van der Waals surface area contributed by atoms with Crippen LogP contribution in [0.2, 0.25) is 0 Å². The third-order valence-corrected chi connectivity index (χ3v) is 5.16. The van der Waals surface area contributed by atoms with Crippen molar-refractivity contribution in [1.29, 1.82) is 0 Å². The number of piperidine rings is 1. The Kier molecular flexibility index (Phi) is 9.94. The van der Waals surface area contributed by atoms with E-state index in [4.69, 9.17) is 14.9 Å². The van der Waals surface area contributed by atoms with Crippen LogP contribution >= 0.6 is 0 Å². The average molecular weight is 426 g/mol. The highest BCUT2D eigenvalue weighted by Crippen LogP contribution is 2.30. The molecule has 0 amide bonds. The zero-order valence-electron chi connectivity index (χ0n) is 18.1. The average Bonchev–Trinajstić information content (AvgIpc) is 2.78. The van der Waals surface area contributed by atoms with E-state index >= 15 is 0 Å². The highest BCUT2D eigenvalue weighted by Gasteiger charge is 2.23. The van der Waals surface area contributed by atoms with Crippen molar-refractivity contribution in [3.8, 4) is 0 Å². The number of carbonyl (C=O) groups is 2. The highest BCUT2D eigenvalue weighted by atomic mass is 16.5. The van der Waals surface area contributed by atoms with Crippen molar-refractivity contribution in [1.82, 2.24) is 4.90 Å². The lowest BCUT2D eigenvalue weighted by Crippen LogP contribution is -2.35. The molecule has 31 heavy (non-hydrogen) atoms. The number of carboxylic acids is 2. The monoisotopic (exact) mass is 425 g/mol. The summed E-state index contributed by atoms with van der Waals surface area (Å²) < 4.78 is 6.56. The molecule has 0 radical (unpaired) electrons. The number of benzene rings is 2. The van der Waals surface area contributed by atoms with Crippen molar-refractivity contribution < 1.29 is 24.5 Å². The van der Waals surface area contributed by atoms with E-state index in [0.717, 1.165) is 32.4 Å². The van der Waals surface area contributed by atoms with Crippen molar-refractivity contribution in [3.63, 3.8) is 0 Å². The first-order valence-electron chi connectivity index (χ1n) is 10.5. The second-order valence-electron chi connectivity index (χ2n) is 7.53. The Hall–Kier alpha value is -2.96. The molecule has 166 valence electrons. The van der Waals surface area contributed by atoms with Gasteiger partial charge in [-0.2, -0.15) is 0 Å². The smallest absolute Gasteiger partial charge is 0.328 e. The van der Waals surface area contributed by atoms with Gasteiger partial charge in [-0.05, 0) is 43.0 Å². The molecule has 1 fully saturated rings. The minimum absolute atomic E-state index is 0.0375. The van der Waals surface area contributed by atoms with Crippen LogP contribution in [-0.4, -0.2) is 53.3 Å². The molecule has 0 saturated carbocycles. The maximum Gasteiger partial charge on any atom is 0.328 e. The van der Waals surface area contributed by atoms with E-state index in [2.05, 4.69) is 73.5 Å². The van der Waals surface area contributed by atoms with Crippen molar-refractivity contribution >= 4 is 11.9 Å². The second kappa shape index (κ2) is 12.7. The molecule has 0 bridgehead atoms. The van der Waals surface area contributed by atoms with Crippen LogP contribution < -0.4 is 0 Å². The Labute approximate surface area is 183 Å². The maximum atomic E-state index is 9.55. The van der Waals surface area contributed by atoms with Crippen molar-refractivity contribution in [2.75, 3.05) is 20.1 Å². The van der Waals surface area contributed by atoms with E-state index < -0.39 is 11.9 Å². The normalized spacial score (nSPS) is 15.8. The van der Waals surface area contributed by atoms with Gasteiger partial charge in [0.05, 0.1) is 6.10 Å². The predicted molar refractivity (Wildman–Crippen MR) is 120 cm³/mol. The fourth-order valence-electron chi connectivity index (χ4n) is 3.36. The van der Waals surface area contributed by atoms with Gasteiger partial charge in [-0.3, -0.25) is 0 Å². The summed E-state index contributed by atoms with van der Waals surface area (Å²) >= 11 is 0. The van der Waals surface area contributed by atoms with Gasteiger partial charge in [-0.1, -0.05) is 61.5 Å². The van der Waals surface area contributed by atoms with Gasteiger partial charge in [0.1, 0.15) is 6.10 Å². The molecule has 2 aromatic carbocycles. The molecule has 2 aromatic rings. The van der Waals surface area contributed by atoms with Gasteiger partial charge in [0.15, 0.2) is 0 Å². The number of aryl methyl sites for hydroxylation is 1. The number of likely N-dealkylation sites (tertiary alicyclic amines) is 1. The molecule has 6 nitrogen and oxygen atoms in total. The van der Waals surface area contributed by atoms with E-state index in [1.807, 2.05) is 0 Å². The molecule has 6 heteroatoms. The number of aliphatic carboxylic acids is 2. The zero-order valence-corrected chi connectivity index (χ0v) is 18.1. The first-order valence-corrected chi connectivity index (χ1v) is 10.5. The molecular weight excluding hydrogens is 394 g/mol. The molecule has 0 aromatic heterocycles. The van der Waals surface area contributed by atoms with E-state index in [0.29, 0.717) is 18.3 Å². The number of carboxylic acid groups (broad SMARTS) is 2. The van der Waals surface area contributed by atoms with Crippen LogP contribution in [0.25, 0.3) is 0 Å². The fourth-order valence-corrected chi connectivity index (χ4v) is 3.36. The van der Waals surface area contributed by atoms with Crippen LogP contribution in [-0.2, 0) is 20.7 Å². The molecule has 0 aliphatic carbocycles. The summed E-state index contributed by atoms with van der Waals surface area (Å²) in [5, 5.41) is 15.6. The third-order valence-electron chi connectivity index (χ3n) is 5.16. The largest absolute Gasteiger partial charge is 0.478 e. The lowest BCUT2D eigenvalue weighted by Gasteiger charge is -2.32. The predicted octanol–water partition coefficient (Wildman–Crippen LogP) is 4.16. The van der Waals surface area contributed by atoms with Crippen LogP contribution in [0.15, 0.2) is 66.7 Å². The van der Waals surface area contributed by atoms with Crippen molar-refractivity contribution in [2.45, 2.75) is 38.4 Å². The van der Waals surface area contributed by atoms with Gasteiger partial charge in [0, 0.05) is 25.2 Å². The van der Waals surface area contributed by atoms with E-state index in [-0.39, 0.29) is 6.10 Å². The molecule has 1 unspecified atom stereocenters. The standard InChI is InChI=1S/C21H27NO.C4H4O4/c1-3-17-9-11-19(12-10-17)21(18-7-5-4-6-8-18)23-20-13-15-22(2)16-14-20;5-3(6)1-2-4(7)8/h4-12,20-21H,3,13-16H2,1-2H3;1-2H,(H,5,6)(H,7,8)/b;2-1+. The highest BCUT2D eigenvalue weighted by molar-refractivity contribution is 5.89. The summed E-state index contributed by atoms with van der Waals surface area (Å²) in [7, 11) is 2.19. The number of rotatable bonds is 7.